The van der Waals surface area contributed by atoms with Crippen molar-refractivity contribution in [3.63, 3.8) is 0 Å². The van der Waals surface area contributed by atoms with Crippen molar-refractivity contribution in [2.24, 2.45) is 0 Å². The number of fused-ring (bicyclic) bond motifs is 1. The molecule has 0 unspecified atom stereocenters. The highest BCUT2D eigenvalue weighted by Gasteiger charge is 2.31. The molecule has 2 rings (SSSR count). The average molecular weight is 217 g/mol. The smallest absolute Gasteiger partial charge is 0.349 e. The third-order valence-electron chi connectivity index (χ3n) is 2.44. The first-order chi connectivity index (χ1) is 7.63. The van der Waals surface area contributed by atoms with Crippen LogP contribution in [0, 0.1) is 0 Å². The summed E-state index contributed by atoms with van der Waals surface area (Å²) in [5, 5.41) is 3.05. The number of carbonyl (C=O) groups is 2. The van der Waals surface area contributed by atoms with Crippen molar-refractivity contribution in [2.75, 3.05) is 5.32 Å². The number of hydrogen-bond donors (Lipinski definition) is 1. The van der Waals surface area contributed by atoms with E-state index >= 15 is 0 Å². The van der Waals surface area contributed by atoms with Crippen LogP contribution in [0.5, 0.6) is 0 Å². The summed E-state index contributed by atoms with van der Waals surface area (Å²) in [5.41, 5.74) is 2.14. The molecule has 16 heavy (non-hydrogen) atoms. The van der Waals surface area contributed by atoms with Gasteiger partial charge in [0.1, 0.15) is 0 Å². The second-order valence-corrected chi connectivity index (χ2v) is 3.50. The molecular weight excluding hydrogens is 206 g/mol. The van der Waals surface area contributed by atoms with Crippen LogP contribution in [-0.2, 0) is 4.74 Å². The SMILES string of the molecule is CC=C(C)Nc1cccc2c1C(=O)OC2=O. The second kappa shape index (κ2) is 3.81. The van der Waals surface area contributed by atoms with Crippen molar-refractivity contribution in [3.8, 4) is 0 Å². The van der Waals surface area contributed by atoms with E-state index in [0.29, 0.717) is 16.8 Å². The lowest BCUT2D eigenvalue weighted by molar-refractivity contribution is 0.0444. The van der Waals surface area contributed by atoms with Crippen LogP contribution in [0.2, 0.25) is 0 Å². The lowest BCUT2D eigenvalue weighted by Gasteiger charge is -2.08. The van der Waals surface area contributed by atoms with Gasteiger partial charge in [0, 0.05) is 5.70 Å². The van der Waals surface area contributed by atoms with Crippen LogP contribution >= 0.6 is 0 Å². The second-order valence-electron chi connectivity index (χ2n) is 3.50. The molecule has 1 aliphatic rings. The van der Waals surface area contributed by atoms with E-state index in [1.54, 1.807) is 18.2 Å². The van der Waals surface area contributed by atoms with Crippen LogP contribution in [0.4, 0.5) is 5.69 Å². The van der Waals surface area contributed by atoms with Gasteiger partial charge < -0.3 is 10.1 Å². The van der Waals surface area contributed by atoms with Crippen molar-refractivity contribution in [3.05, 3.63) is 41.1 Å². The van der Waals surface area contributed by atoms with Crippen molar-refractivity contribution in [1.82, 2.24) is 0 Å². The van der Waals surface area contributed by atoms with Crippen molar-refractivity contribution >= 4 is 17.6 Å². The Kier molecular flexibility index (Phi) is 2.48. The minimum absolute atomic E-state index is 0.314. The summed E-state index contributed by atoms with van der Waals surface area (Å²) >= 11 is 0. The van der Waals surface area contributed by atoms with Crippen molar-refractivity contribution < 1.29 is 14.3 Å². The fourth-order valence-corrected chi connectivity index (χ4v) is 1.52. The lowest BCUT2D eigenvalue weighted by Crippen LogP contribution is -2.03. The summed E-state index contributed by atoms with van der Waals surface area (Å²) < 4.78 is 4.55. The molecule has 0 amide bonds. The maximum atomic E-state index is 11.5. The summed E-state index contributed by atoms with van der Waals surface area (Å²) in [6.45, 7) is 3.76. The zero-order chi connectivity index (χ0) is 11.7. The molecule has 0 radical (unpaired) electrons. The van der Waals surface area contributed by atoms with E-state index in [4.69, 9.17) is 0 Å². The fraction of sp³-hybridized carbons (Fsp3) is 0.167. The molecule has 0 bridgehead atoms. The maximum absolute atomic E-state index is 11.5. The number of hydrogen-bond acceptors (Lipinski definition) is 4. The van der Waals surface area contributed by atoms with Gasteiger partial charge in [-0.3, -0.25) is 0 Å². The Labute approximate surface area is 92.9 Å². The van der Waals surface area contributed by atoms with Crippen molar-refractivity contribution in [2.45, 2.75) is 13.8 Å². The Hall–Kier alpha value is -2.10. The predicted octanol–water partition coefficient (Wildman–Crippen LogP) is 2.33. The number of benzene rings is 1. The van der Waals surface area contributed by atoms with Gasteiger partial charge in [0.2, 0.25) is 0 Å². The number of nitrogens with one attached hydrogen (secondary N) is 1. The van der Waals surface area contributed by atoms with E-state index in [-0.39, 0.29) is 0 Å². The number of rotatable bonds is 2. The molecule has 0 aromatic heterocycles. The first kappa shape index (κ1) is 10.4. The average Bonchev–Trinajstić information content (AvgIpc) is 2.56. The molecule has 0 atom stereocenters. The van der Waals surface area contributed by atoms with Gasteiger partial charge >= 0.3 is 11.9 Å². The maximum Gasteiger partial charge on any atom is 0.349 e. The quantitative estimate of drug-likeness (QED) is 0.610. The van der Waals surface area contributed by atoms with Gasteiger partial charge in [-0.2, -0.15) is 0 Å². The number of allylic oxidation sites excluding steroid dienone is 2. The van der Waals surface area contributed by atoms with E-state index in [1.165, 1.54) is 0 Å². The minimum Gasteiger partial charge on any atom is -0.386 e. The molecular formula is C12H11NO3. The summed E-state index contributed by atoms with van der Waals surface area (Å²) in [5.74, 6) is -1.17. The first-order valence-corrected chi connectivity index (χ1v) is 4.93. The van der Waals surface area contributed by atoms with Crippen LogP contribution in [0.15, 0.2) is 30.0 Å². The van der Waals surface area contributed by atoms with Gasteiger partial charge in [-0.05, 0) is 26.0 Å². The number of anilines is 1. The molecule has 1 heterocycles. The molecule has 82 valence electrons. The molecule has 1 aromatic carbocycles. The summed E-state index contributed by atoms with van der Waals surface area (Å²) in [4.78, 5) is 22.8. The molecule has 0 spiro atoms. The van der Waals surface area contributed by atoms with Gasteiger partial charge in [0.15, 0.2) is 0 Å². The fourth-order valence-electron chi connectivity index (χ4n) is 1.52. The summed E-state index contributed by atoms with van der Waals surface area (Å²) in [7, 11) is 0. The monoisotopic (exact) mass is 217 g/mol. The zero-order valence-electron chi connectivity index (χ0n) is 9.03. The van der Waals surface area contributed by atoms with Gasteiger partial charge in [-0.15, -0.1) is 0 Å². The van der Waals surface area contributed by atoms with Crippen LogP contribution in [0.3, 0.4) is 0 Å². The van der Waals surface area contributed by atoms with Gasteiger partial charge in [-0.25, -0.2) is 9.59 Å². The summed E-state index contributed by atoms with van der Waals surface area (Å²) in [6, 6.07) is 5.04. The standard InChI is InChI=1S/C12H11NO3/c1-3-7(2)13-9-6-4-5-8-10(9)12(15)16-11(8)14/h3-6,13H,1-2H3. The van der Waals surface area contributed by atoms with Crippen LogP contribution in [0.25, 0.3) is 0 Å². The highest BCUT2D eigenvalue weighted by atomic mass is 16.6. The number of ether oxygens (including phenoxy) is 1. The Balaban J connectivity index is 2.49. The number of esters is 2. The van der Waals surface area contributed by atoms with Gasteiger partial charge in [0.05, 0.1) is 16.8 Å². The van der Waals surface area contributed by atoms with E-state index in [9.17, 15) is 9.59 Å². The Morgan fingerprint density at radius 2 is 2.06 bits per heavy atom. The summed E-state index contributed by atoms with van der Waals surface area (Å²) in [6.07, 6.45) is 1.88. The largest absolute Gasteiger partial charge is 0.386 e. The first-order valence-electron chi connectivity index (χ1n) is 4.93. The Morgan fingerprint density at radius 1 is 1.31 bits per heavy atom. The van der Waals surface area contributed by atoms with E-state index < -0.39 is 11.9 Å². The number of cyclic esters (lactones) is 2. The topological polar surface area (TPSA) is 55.4 Å². The minimum atomic E-state index is -0.591. The molecule has 1 N–H and O–H groups in total. The molecule has 0 fully saturated rings. The molecule has 4 nitrogen and oxygen atoms in total. The molecule has 1 aromatic rings. The third kappa shape index (κ3) is 1.58. The predicted molar refractivity (Wildman–Crippen MR) is 59.2 cm³/mol. The highest BCUT2D eigenvalue weighted by molar-refractivity contribution is 6.17. The zero-order valence-corrected chi connectivity index (χ0v) is 9.03. The van der Waals surface area contributed by atoms with E-state index in [0.717, 1.165) is 5.70 Å². The van der Waals surface area contributed by atoms with Crippen LogP contribution < -0.4 is 5.32 Å². The third-order valence-corrected chi connectivity index (χ3v) is 2.44. The van der Waals surface area contributed by atoms with Crippen LogP contribution in [0.1, 0.15) is 34.6 Å². The van der Waals surface area contributed by atoms with Crippen molar-refractivity contribution in [1.29, 1.82) is 0 Å². The normalized spacial score (nSPS) is 14.8. The number of carbonyl (C=O) groups excluding carboxylic acids is 2. The van der Waals surface area contributed by atoms with Crippen LogP contribution in [-0.4, -0.2) is 11.9 Å². The molecule has 4 heteroatoms. The highest BCUT2D eigenvalue weighted by Crippen LogP contribution is 2.27. The van der Waals surface area contributed by atoms with E-state index in [1.807, 2.05) is 19.9 Å². The Bertz CT molecular complexity index is 503. The molecule has 1 aliphatic heterocycles. The van der Waals surface area contributed by atoms with E-state index in [2.05, 4.69) is 10.1 Å². The molecule has 0 saturated heterocycles. The lowest BCUT2D eigenvalue weighted by atomic mass is 10.1. The van der Waals surface area contributed by atoms with Gasteiger partial charge in [0.25, 0.3) is 0 Å². The molecule has 0 aliphatic carbocycles. The molecule has 0 saturated carbocycles. The Morgan fingerprint density at radius 3 is 2.75 bits per heavy atom. The van der Waals surface area contributed by atoms with Gasteiger partial charge in [-0.1, -0.05) is 12.1 Å².